The molecule has 0 bridgehead atoms. The Hall–Kier alpha value is -3.57. The van der Waals surface area contributed by atoms with E-state index < -0.39 is 23.1 Å². The van der Waals surface area contributed by atoms with Crippen molar-refractivity contribution in [3.8, 4) is 16.9 Å². The lowest BCUT2D eigenvalue weighted by molar-refractivity contribution is -0.126. The summed E-state index contributed by atoms with van der Waals surface area (Å²) in [4.78, 5) is 29.0. The molecule has 8 nitrogen and oxygen atoms in total. The number of nitrogens with zero attached hydrogens (tertiary/aromatic N) is 6. The molecule has 210 valence electrons. The van der Waals surface area contributed by atoms with Gasteiger partial charge in [-0.15, -0.1) is 0 Å². The monoisotopic (exact) mass is 572 g/mol. The number of hydrogen-bond donors (Lipinski definition) is 1. The molecule has 0 unspecified atom stereocenters. The Balaban J connectivity index is 1.41. The first kappa shape index (κ1) is 26.6. The third-order valence-corrected chi connectivity index (χ3v) is 8.18. The van der Waals surface area contributed by atoms with Gasteiger partial charge in [0.25, 0.3) is 0 Å². The Morgan fingerprint density at radius 2 is 1.82 bits per heavy atom. The second kappa shape index (κ2) is 9.81. The van der Waals surface area contributed by atoms with E-state index in [1.165, 1.54) is 24.3 Å². The first-order valence-electron chi connectivity index (χ1n) is 13.1. The molecule has 0 saturated carbocycles. The van der Waals surface area contributed by atoms with E-state index >= 15 is 4.39 Å². The van der Waals surface area contributed by atoms with Crippen molar-refractivity contribution < 1.29 is 23.1 Å². The van der Waals surface area contributed by atoms with Crippen LogP contribution in [0.25, 0.3) is 22.0 Å². The fraction of sp³-hybridized carbons (Fsp3) is 0.393. The Labute approximate surface area is 234 Å². The van der Waals surface area contributed by atoms with Gasteiger partial charge in [0.1, 0.15) is 28.6 Å². The number of phenols is 1. The number of halogens is 4. The van der Waals surface area contributed by atoms with E-state index in [1.54, 1.807) is 11.8 Å². The highest BCUT2D eigenvalue weighted by Gasteiger charge is 2.46. The smallest absolute Gasteiger partial charge is 0.246 e. The highest BCUT2D eigenvalue weighted by Crippen LogP contribution is 2.43. The molecule has 1 aromatic heterocycles. The van der Waals surface area contributed by atoms with Crippen LogP contribution in [0.1, 0.15) is 6.92 Å². The van der Waals surface area contributed by atoms with Crippen LogP contribution >= 0.6 is 11.6 Å². The molecule has 0 aliphatic carbocycles. The van der Waals surface area contributed by atoms with Crippen molar-refractivity contribution in [1.29, 1.82) is 0 Å². The first-order valence-corrected chi connectivity index (χ1v) is 13.5. The molecule has 3 aliphatic rings. The van der Waals surface area contributed by atoms with Crippen LogP contribution in [0.5, 0.6) is 5.75 Å². The number of anilines is 2. The van der Waals surface area contributed by atoms with Crippen LogP contribution in [0.3, 0.4) is 0 Å². The minimum absolute atomic E-state index is 0.0598. The zero-order valence-corrected chi connectivity index (χ0v) is 22.6. The van der Waals surface area contributed by atoms with Crippen LogP contribution < -0.4 is 9.80 Å². The predicted molar refractivity (Wildman–Crippen MR) is 148 cm³/mol. The van der Waals surface area contributed by atoms with Crippen molar-refractivity contribution in [3.05, 3.63) is 53.6 Å². The molecule has 1 N–H and O–H groups in total. The fourth-order valence-corrected chi connectivity index (χ4v) is 6.00. The van der Waals surface area contributed by atoms with Crippen molar-refractivity contribution >= 4 is 40.2 Å². The molecule has 12 heteroatoms. The Bertz CT molecular complexity index is 1490. The van der Waals surface area contributed by atoms with Crippen molar-refractivity contribution in [3.63, 3.8) is 0 Å². The molecule has 0 radical (unpaired) electrons. The number of phenolic OH excluding ortho intramolecular Hbond substituents is 1. The molecule has 2 aromatic carbocycles. The van der Waals surface area contributed by atoms with Crippen molar-refractivity contribution in [1.82, 2.24) is 19.8 Å². The van der Waals surface area contributed by atoms with Crippen LogP contribution in [0.2, 0.25) is 5.02 Å². The number of aromatic hydroxyl groups is 1. The molecule has 3 saturated heterocycles. The van der Waals surface area contributed by atoms with E-state index in [-0.39, 0.29) is 39.6 Å². The summed E-state index contributed by atoms with van der Waals surface area (Å²) < 4.78 is 45.1. The van der Waals surface area contributed by atoms with Crippen LogP contribution in [0, 0.1) is 11.6 Å². The molecule has 4 heterocycles. The van der Waals surface area contributed by atoms with E-state index in [0.29, 0.717) is 63.6 Å². The van der Waals surface area contributed by atoms with E-state index in [1.807, 2.05) is 9.80 Å². The Morgan fingerprint density at radius 3 is 2.45 bits per heavy atom. The maximum absolute atomic E-state index is 16.3. The van der Waals surface area contributed by atoms with Crippen LogP contribution in [0.15, 0.2) is 36.9 Å². The summed E-state index contributed by atoms with van der Waals surface area (Å²) in [6.45, 7) is 8.69. The largest absolute Gasteiger partial charge is 0.507 e. The normalized spacial score (nSPS) is 19.5. The zero-order valence-electron chi connectivity index (χ0n) is 21.9. The molecule has 3 aliphatic heterocycles. The SMILES string of the molecule is C=CC(=O)N1CCN(c2nc(N3CC(N4CC(C)(F)C4)C3)nc3c(F)c(-c4c(O)cccc4F)c(Cl)cc23)CC1. The van der Waals surface area contributed by atoms with Crippen LogP contribution in [-0.2, 0) is 4.79 Å². The van der Waals surface area contributed by atoms with Gasteiger partial charge in [-0.3, -0.25) is 9.69 Å². The maximum Gasteiger partial charge on any atom is 0.246 e. The summed E-state index contributed by atoms with van der Waals surface area (Å²) in [6.07, 6.45) is 1.27. The maximum atomic E-state index is 16.3. The summed E-state index contributed by atoms with van der Waals surface area (Å²) in [5.74, 6) is -1.58. The van der Waals surface area contributed by atoms with E-state index in [9.17, 15) is 18.7 Å². The molecular weight excluding hydrogens is 545 g/mol. The van der Waals surface area contributed by atoms with E-state index in [4.69, 9.17) is 16.6 Å². The Kier molecular flexibility index (Phi) is 6.53. The van der Waals surface area contributed by atoms with Gasteiger partial charge in [0.15, 0.2) is 5.82 Å². The lowest BCUT2D eigenvalue weighted by Gasteiger charge is -2.53. The minimum atomic E-state index is -1.18. The molecule has 40 heavy (non-hydrogen) atoms. The van der Waals surface area contributed by atoms with E-state index in [2.05, 4.69) is 16.5 Å². The first-order chi connectivity index (χ1) is 19.1. The van der Waals surface area contributed by atoms with Gasteiger partial charge in [0.05, 0.1) is 10.6 Å². The molecule has 0 spiro atoms. The van der Waals surface area contributed by atoms with Crippen LogP contribution in [0.4, 0.5) is 24.9 Å². The topological polar surface area (TPSA) is 76.0 Å². The number of carbonyl (C=O) groups is 1. The van der Waals surface area contributed by atoms with Gasteiger partial charge in [-0.1, -0.05) is 24.2 Å². The summed E-state index contributed by atoms with van der Waals surface area (Å²) in [7, 11) is 0. The van der Waals surface area contributed by atoms with Gasteiger partial charge in [-0.25, -0.2) is 18.2 Å². The molecule has 3 fully saturated rings. The number of aromatic nitrogens is 2. The molecule has 3 aromatic rings. The third-order valence-electron chi connectivity index (χ3n) is 7.89. The number of likely N-dealkylation sites (tertiary alicyclic amines) is 1. The van der Waals surface area contributed by atoms with Gasteiger partial charge in [-0.05, 0) is 31.2 Å². The average Bonchev–Trinajstić information content (AvgIpc) is 2.88. The summed E-state index contributed by atoms with van der Waals surface area (Å²) in [5, 5.41) is 10.6. The fourth-order valence-electron chi connectivity index (χ4n) is 5.72. The second-order valence-corrected chi connectivity index (χ2v) is 11.2. The number of hydrogen-bond acceptors (Lipinski definition) is 7. The lowest BCUT2D eigenvalue weighted by Crippen LogP contribution is -2.69. The van der Waals surface area contributed by atoms with Gasteiger partial charge in [0.2, 0.25) is 11.9 Å². The third kappa shape index (κ3) is 4.50. The number of alkyl halides is 1. The van der Waals surface area contributed by atoms with Crippen molar-refractivity contribution in [2.45, 2.75) is 18.6 Å². The number of rotatable bonds is 5. The van der Waals surface area contributed by atoms with Crippen LogP contribution in [-0.4, -0.2) is 94.9 Å². The van der Waals surface area contributed by atoms with Crippen molar-refractivity contribution in [2.75, 3.05) is 62.2 Å². The average molecular weight is 573 g/mol. The quantitative estimate of drug-likeness (QED) is 0.463. The molecule has 1 amide bonds. The predicted octanol–water partition coefficient (Wildman–Crippen LogP) is 4.00. The van der Waals surface area contributed by atoms with E-state index in [0.717, 1.165) is 6.07 Å². The molecular formula is C28H28ClF3N6O2. The van der Waals surface area contributed by atoms with Gasteiger partial charge >= 0.3 is 0 Å². The summed E-state index contributed by atoms with van der Waals surface area (Å²) >= 11 is 6.52. The summed E-state index contributed by atoms with van der Waals surface area (Å²) in [5.41, 5.74) is -1.87. The second-order valence-electron chi connectivity index (χ2n) is 10.8. The number of fused-ring (bicyclic) bond motifs is 1. The Morgan fingerprint density at radius 1 is 1.12 bits per heavy atom. The lowest BCUT2D eigenvalue weighted by atomic mass is 9.93. The number of piperazine rings is 1. The minimum Gasteiger partial charge on any atom is -0.507 e. The zero-order chi connectivity index (χ0) is 28.3. The summed E-state index contributed by atoms with van der Waals surface area (Å²) in [6, 6.07) is 5.33. The molecule has 0 atom stereocenters. The number of benzene rings is 2. The standard InChI is InChI=1S/C28H28ClF3N6O2/c1-3-21(40)35-7-9-36(10-8-35)26-17-11-18(29)22(23-19(30)5-4-6-20(23)39)24(31)25(17)33-27(34-26)37-12-16(13-37)38-14-28(2,32)15-38/h3-6,11,16,39H,1,7-10,12-15H2,2H3. The highest BCUT2D eigenvalue weighted by molar-refractivity contribution is 6.34. The highest BCUT2D eigenvalue weighted by atomic mass is 35.5. The number of amides is 1. The van der Waals surface area contributed by atoms with Gasteiger partial charge in [-0.2, -0.15) is 4.98 Å². The van der Waals surface area contributed by atoms with Crippen molar-refractivity contribution in [2.24, 2.45) is 0 Å². The van der Waals surface area contributed by atoms with Gasteiger partial charge in [0, 0.05) is 69.3 Å². The number of carbonyl (C=O) groups excluding carboxylic acids is 1. The van der Waals surface area contributed by atoms with Gasteiger partial charge < -0.3 is 19.8 Å². The molecule has 6 rings (SSSR count).